The van der Waals surface area contributed by atoms with E-state index in [-0.39, 0.29) is 5.97 Å². The van der Waals surface area contributed by atoms with Gasteiger partial charge in [0, 0.05) is 0 Å². The van der Waals surface area contributed by atoms with Crippen molar-refractivity contribution in [3.63, 3.8) is 0 Å². The molecule has 0 saturated carbocycles. The molecule has 0 aliphatic heterocycles. The molecule has 4 nitrogen and oxygen atoms in total. The molecule has 0 radical (unpaired) electrons. The largest absolute Gasteiger partial charge is 0.496 e. The van der Waals surface area contributed by atoms with E-state index in [9.17, 15) is 9.59 Å². The number of carbonyl (C=O) groups is 2. The number of aldehydes is 1. The van der Waals surface area contributed by atoms with Crippen LogP contribution in [0.3, 0.4) is 0 Å². The summed E-state index contributed by atoms with van der Waals surface area (Å²) in [4.78, 5) is 22.1. The predicted octanol–water partition coefficient (Wildman–Crippen LogP) is 1.53. The third-order valence-electron chi connectivity index (χ3n) is 2.52. The van der Waals surface area contributed by atoms with Crippen LogP contribution in [0, 0.1) is 0 Å². The van der Waals surface area contributed by atoms with E-state index < -0.39 is 0 Å². The summed E-state index contributed by atoms with van der Waals surface area (Å²) in [6.45, 7) is 0. The highest BCUT2D eigenvalue weighted by Crippen LogP contribution is 2.37. The lowest BCUT2D eigenvalue weighted by atomic mass is 9.87. The highest BCUT2D eigenvalue weighted by Gasteiger charge is 2.25. The van der Waals surface area contributed by atoms with Gasteiger partial charge in [-0.2, -0.15) is 0 Å². The van der Waals surface area contributed by atoms with E-state index in [4.69, 9.17) is 4.74 Å². The number of hydrogen-bond acceptors (Lipinski definition) is 4. The standard InChI is InChI=1S/C12H10O4/c1-15-11-5-9-7(3-8(11)6-13)4-10(9)12(14)16-2/h3-6H,1-2H3. The molecule has 1 aliphatic carbocycles. The second kappa shape index (κ2) is 3.81. The van der Waals surface area contributed by atoms with E-state index in [0.29, 0.717) is 16.9 Å². The molecule has 82 valence electrons. The predicted molar refractivity (Wildman–Crippen MR) is 58.3 cm³/mol. The van der Waals surface area contributed by atoms with E-state index in [0.717, 1.165) is 17.4 Å². The molecule has 0 fully saturated rings. The number of fused-ring (bicyclic) bond motifs is 1. The Labute approximate surface area is 92.5 Å². The summed E-state index contributed by atoms with van der Waals surface area (Å²) in [5, 5.41) is 0. The molecule has 1 aromatic carbocycles. The molecule has 2 rings (SSSR count). The van der Waals surface area contributed by atoms with Crippen LogP contribution in [0.5, 0.6) is 5.75 Å². The Balaban J connectivity index is 2.43. The van der Waals surface area contributed by atoms with Crippen molar-refractivity contribution in [2.75, 3.05) is 14.2 Å². The summed E-state index contributed by atoms with van der Waals surface area (Å²) in [6.07, 6.45) is 2.41. The zero-order chi connectivity index (χ0) is 11.7. The van der Waals surface area contributed by atoms with Gasteiger partial charge in [-0.15, -0.1) is 0 Å². The van der Waals surface area contributed by atoms with Gasteiger partial charge in [0.15, 0.2) is 6.29 Å². The van der Waals surface area contributed by atoms with Gasteiger partial charge in [0.05, 0.1) is 25.4 Å². The molecule has 0 heterocycles. The average molecular weight is 218 g/mol. The SMILES string of the molecule is COC(=O)C1=Cc2cc(C=O)c(OC)cc21. The van der Waals surface area contributed by atoms with Crippen molar-refractivity contribution >= 4 is 23.9 Å². The summed E-state index contributed by atoms with van der Waals surface area (Å²) < 4.78 is 9.68. The lowest BCUT2D eigenvalue weighted by Gasteiger charge is -2.19. The minimum Gasteiger partial charge on any atom is -0.496 e. The van der Waals surface area contributed by atoms with Gasteiger partial charge in [-0.1, -0.05) is 0 Å². The Morgan fingerprint density at radius 3 is 2.62 bits per heavy atom. The minimum atomic E-state index is -0.381. The quantitative estimate of drug-likeness (QED) is 0.570. The lowest BCUT2D eigenvalue weighted by Crippen LogP contribution is -2.11. The van der Waals surface area contributed by atoms with Gasteiger partial charge in [-0.25, -0.2) is 4.79 Å². The van der Waals surface area contributed by atoms with Gasteiger partial charge in [-0.3, -0.25) is 4.79 Å². The number of rotatable bonds is 3. The second-order valence-electron chi connectivity index (χ2n) is 3.35. The van der Waals surface area contributed by atoms with Gasteiger partial charge < -0.3 is 9.47 Å². The van der Waals surface area contributed by atoms with Crippen molar-refractivity contribution < 1.29 is 19.1 Å². The normalized spacial score (nSPS) is 12.0. The van der Waals surface area contributed by atoms with Gasteiger partial charge >= 0.3 is 5.97 Å². The molecule has 0 spiro atoms. The zero-order valence-corrected chi connectivity index (χ0v) is 8.94. The van der Waals surface area contributed by atoms with Crippen molar-refractivity contribution in [3.05, 3.63) is 28.8 Å². The Kier molecular flexibility index (Phi) is 2.48. The topological polar surface area (TPSA) is 52.6 Å². The Morgan fingerprint density at radius 1 is 1.31 bits per heavy atom. The molecular weight excluding hydrogens is 208 g/mol. The van der Waals surface area contributed by atoms with E-state index >= 15 is 0 Å². The van der Waals surface area contributed by atoms with E-state index in [1.807, 2.05) is 0 Å². The number of carbonyl (C=O) groups excluding carboxylic acids is 2. The zero-order valence-electron chi connectivity index (χ0n) is 8.94. The van der Waals surface area contributed by atoms with Crippen LogP contribution in [0.4, 0.5) is 0 Å². The molecule has 0 bridgehead atoms. The number of hydrogen-bond donors (Lipinski definition) is 0. The molecule has 0 unspecified atom stereocenters. The maximum absolute atomic E-state index is 11.3. The number of methoxy groups -OCH3 is 2. The van der Waals surface area contributed by atoms with Gasteiger partial charge in [0.1, 0.15) is 5.75 Å². The van der Waals surface area contributed by atoms with Gasteiger partial charge in [0.25, 0.3) is 0 Å². The summed E-state index contributed by atoms with van der Waals surface area (Å²) >= 11 is 0. The van der Waals surface area contributed by atoms with Crippen LogP contribution in [0.1, 0.15) is 21.5 Å². The van der Waals surface area contributed by atoms with Crippen molar-refractivity contribution in [2.45, 2.75) is 0 Å². The van der Waals surface area contributed by atoms with Crippen molar-refractivity contribution in [1.82, 2.24) is 0 Å². The third-order valence-corrected chi connectivity index (χ3v) is 2.52. The summed E-state index contributed by atoms with van der Waals surface area (Å²) in [6, 6.07) is 3.36. The Morgan fingerprint density at radius 2 is 2.06 bits per heavy atom. The molecule has 0 amide bonds. The fraction of sp³-hybridized carbons (Fsp3) is 0.167. The second-order valence-corrected chi connectivity index (χ2v) is 3.35. The van der Waals surface area contributed by atoms with Crippen LogP contribution in [0.25, 0.3) is 11.6 Å². The molecule has 0 atom stereocenters. The van der Waals surface area contributed by atoms with Crippen LogP contribution in [0.15, 0.2) is 12.1 Å². The monoisotopic (exact) mass is 218 g/mol. The number of benzene rings is 1. The molecule has 16 heavy (non-hydrogen) atoms. The summed E-state index contributed by atoms with van der Waals surface area (Å²) in [5.74, 6) is 0.0802. The van der Waals surface area contributed by atoms with Crippen LogP contribution >= 0.6 is 0 Å². The average Bonchev–Trinajstić information content (AvgIpc) is 2.30. The molecule has 0 N–H and O–H groups in total. The first-order valence-electron chi connectivity index (χ1n) is 4.69. The molecule has 0 saturated heterocycles. The Hall–Kier alpha value is -2.10. The van der Waals surface area contributed by atoms with Gasteiger partial charge in [0.2, 0.25) is 0 Å². The maximum Gasteiger partial charge on any atom is 0.338 e. The molecule has 0 aromatic heterocycles. The lowest BCUT2D eigenvalue weighted by molar-refractivity contribution is -0.133. The number of esters is 1. The van der Waals surface area contributed by atoms with Crippen molar-refractivity contribution in [1.29, 1.82) is 0 Å². The van der Waals surface area contributed by atoms with Crippen molar-refractivity contribution in [2.24, 2.45) is 0 Å². The molecule has 1 aromatic rings. The third kappa shape index (κ3) is 1.39. The molecule has 4 heteroatoms. The van der Waals surface area contributed by atoms with Gasteiger partial charge in [-0.05, 0) is 29.3 Å². The first kappa shape index (κ1) is 10.4. The summed E-state index contributed by atoms with van der Waals surface area (Å²) in [5.41, 5.74) is 2.59. The Bertz CT molecular complexity index is 500. The summed E-state index contributed by atoms with van der Waals surface area (Å²) in [7, 11) is 2.81. The highest BCUT2D eigenvalue weighted by atomic mass is 16.5. The molecule has 1 aliphatic rings. The van der Waals surface area contributed by atoms with Crippen molar-refractivity contribution in [3.8, 4) is 5.75 Å². The maximum atomic E-state index is 11.3. The fourth-order valence-electron chi connectivity index (χ4n) is 1.67. The van der Waals surface area contributed by atoms with E-state index in [1.165, 1.54) is 14.2 Å². The van der Waals surface area contributed by atoms with Crippen LogP contribution < -0.4 is 4.74 Å². The number of ether oxygens (including phenoxy) is 2. The first-order valence-corrected chi connectivity index (χ1v) is 4.69. The van der Waals surface area contributed by atoms with E-state index in [1.54, 1.807) is 18.2 Å². The highest BCUT2D eigenvalue weighted by molar-refractivity contribution is 6.27. The minimum absolute atomic E-state index is 0.381. The smallest absolute Gasteiger partial charge is 0.338 e. The fourth-order valence-corrected chi connectivity index (χ4v) is 1.67. The van der Waals surface area contributed by atoms with E-state index in [2.05, 4.69) is 4.74 Å². The van der Waals surface area contributed by atoms with Crippen LogP contribution in [-0.2, 0) is 9.53 Å². The van der Waals surface area contributed by atoms with Crippen LogP contribution in [-0.4, -0.2) is 26.5 Å². The van der Waals surface area contributed by atoms with Crippen LogP contribution in [0.2, 0.25) is 0 Å². The first-order chi connectivity index (χ1) is 7.71. The molecular formula is C12H10O4.